The average molecular weight is 199 g/mol. The first-order chi connectivity index (χ1) is 6.67. The van der Waals surface area contributed by atoms with Crippen LogP contribution < -0.4 is 0 Å². The van der Waals surface area contributed by atoms with E-state index in [1.807, 2.05) is 13.0 Å². The van der Waals surface area contributed by atoms with E-state index in [1.54, 1.807) is 7.05 Å². The fourth-order valence-electron chi connectivity index (χ4n) is 1.15. The van der Waals surface area contributed by atoms with Crippen molar-refractivity contribution in [2.24, 2.45) is 0 Å². The number of hydrogen-bond donors (Lipinski definition) is 0. The Labute approximate surface area is 86.7 Å². The van der Waals surface area contributed by atoms with E-state index in [9.17, 15) is 4.79 Å². The third-order valence-corrected chi connectivity index (χ3v) is 2.16. The molecule has 0 radical (unpaired) electrons. The minimum absolute atomic E-state index is 0.0360. The summed E-state index contributed by atoms with van der Waals surface area (Å²) in [5.41, 5.74) is 0.836. The van der Waals surface area contributed by atoms with Gasteiger partial charge in [0.15, 0.2) is 0 Å². The van der Waals surface area contributed by atoms with E-state index in [0.717, 1.165) is 31.3 Å². The molecule has 0 unspecified atom stereocenters. The van der Waals surface area contributed by atoms with Crippen LogP contribution in [-0.4, -0.2) is 25.1 Å². The van der Waals surface area contributed by atoms with E-state index in [1.165, 1.54) is 12.2 Å². The minimum Gasteiger partial charge on any atom is -0.274 e. The zero-order chi connectivity index (χ0) is 11.0. The molecule has 0 heterocycles. The highest BCUT2D eigenvalue weighted by Crippen LogP contribution is 2.08. The highest BCUT2D eigenvalue weighted by molar-refractivity contribution is 5.92. The molecule has 0 bridgehead atoms. The number of hydroxylamine groups is 2. The normalized spacial score (nSPS) is 11.6. The molecule has 0 aromatic heterocycles. The Morgan fingerprint density at radius 2 is 2.07 bits per heavy atom. The Morgan fingerprint density at radius 1 is 1.43 bits per heavy atom. The molecule has 14 heavy (non-hydrogen) atoms. The number of amides is 1. The van der Waals surface area contributed by atoms with Gasteiger partial charge in [-0.3, -0.25) is 9.63 Å². The predicted octanol–water partition coefficient (Wildman–Crippen LogP) is 2.53. The molecule has 0 aliphatic heterocycles. The Morgan fingerprint density at radius 3 is 2.50 bits per heavy atom. The lowest BCUT2D eigenvalue weighted by molar-refractivity contribution is -0.164. The van der Waals surface area contributed by atoms with Crippen LogP contribution in [0.3, 0.4) is 0 Å². The van der Waals surface area contributed by atoms with Crippen molar-refractivity contribution < 1.29 is 9.63 Å². The molecule has 0 aromatic rings. The maximum atomic E-state index is 11.6. The minimum atomic E-state index is -0.0360. The lowest BCUT2D eigenvalue weighted by Crippen LogP contribution is -2.26. The summed E-state index contributed by atoms with van der Waals surface area (Å²) in [6.07, 6.45) is 6.04. The topological polar surface area (TPSA) is 29.5 Å². The number of hydrogen-bond acceptors (Lipinski definition) is 2. The van der Waals surface area contributed by atoms with Crippen molar-refractivity contribution in [3.63, 3.8) is 0 Å². The van der Waals surface area contributed by atoms with Crippen LogP contribution in [0, 0.1) is 0 Å². The summed E-state index contributed by atoms with van der Waals surface area (Å²) in [7, 11) is 3.13. The monoisotopic (exact) mass is 199 g/mol. The molecule has 0 atom stereocenters. The molecule has 0 saturated heterocycles. The van der Waals surface area contributed by atoms with E-state index in [4.69, 9.17) is 4.84 Å². The Bertz CT molecular complexity index is 199. The van der Waals surface area contributed by atoms with Gasteiger partial charge in [-0.1, -0.05) is 32.8 Å². The number of unbranched alkanes of at least 4 members (excludes halogenated alkanes) is 2. The summed E-state index contributed by atoms with van der Waals surface area (Å²) in [5.74, 6) is -0.0360. The largest absolute Gasteiger partial charge is 0.274 e. The molecule has 0 rings (SSSR count). The highest BCUT2D eigenvalue weighted by atomic mass is 16.7. The molecule has 3 nitrogen and oxygen atoms in total. The number of carbonyl (C=O) groups excluding carboxylic acids is 1. The molecule has 0 aliphatic rings. The van der Waals surface area contributed by atoms with Gasteiger partial charge >= 0.3 is 0 Å². The molecule has 0 saturated carbocycles. The van der Waals surface area contributed by atoms with Gasteiger partial charge in [-0.15, -0.1) is 0 Å². The summed E-state index contributed by atoms with van der Waals surface area (Å²) in [4.78, 5) is 16.5. The average Bonchev–Trinajstić information content (AvgIpc) is 2.22. The van der Waals surface area contributed by atoms with E-state index >= 15 is 0 Å². The predicted molar refractivity (Wildman–Crippen MR) is 57.7 cm³/mol. The van der Waals surface area contributed by atoms with Crippen molar-refractivity contribution in [3.8, 4) is 0 Å². The standard InChI is InChI=1S/C11H21NO2/c1-5-7-8-9-10(6-2)11(13)12(3)14-4/h9H,5-8H2,1-4H3. The Hall–Kier alpha value is -0.830. The Balaban J connectivity index is 4.24. The maximum Gasteiger partial charge on any atom is 0.272 e. The van der Waals surface area contributed by atoms with Crippen molar-refractivity contribution in [3.05, 3.63) is 11.6 Å². The van der Waals surface area contributed by atoms with Crippen molar-refractivity contribution in [2.75, 3.05) is 14.2 Å². The molecule has 0 N–H and O–H groups in total. The Kier molecular flexibility index (Phi) is 7.11. The number of carbonyl (C=O) groups is 1. The number of nitrogens with zero attached hydrogens (tertiary/aromatic N) is 1. The smallest absolute Gasteiger partial charge is 0.272 e. The summed E-state index contributed by atoms with van der Waals surface area (Å²) >= 11 is 0. The molecule has 82 valence electrons. The molecule has 0 aromatic carbocycles. The number of likely N-dealkylation sites (N-methyl/N-ethyl adjacent to an activating group) is 1. The van der Waals surface area contributed by atoms with Crippen molar-refractivity contribution in [2.45, 2.75) is 39.5 Å². The van der Waals surface area contributed by atoms with Gasteiger partial charge in [0.25, 0.3) is 5.91 Å². The van der Waals surface area contributed by atoms with Gasteiger partial charge in [0.05, 0.1) is 7.11 Å². The second-order valence-corrected chi connectivity index (χ2v) is 3.21. The van der Waals surface area contributed by atoms with Gasteiger partial charge < -0.3 is 0 Å². The van der Waals surface area contributed by atoms with Crippen molar-refractivity contribution in [1.29, 1.82) is 0 Å². The van der Waals surface area contributed by atoms with Crippen molar-refractivity contribution in [1.82, 2.24) is 5.06 Å². The first-order valence-electron chi connectivity index (χ1n) is 5.18. The first kappa shape index (κ1) is 13.2. The summed E-state index contributed by atoms with van der Waals surface area (Å²) in [6, 6.07) is 0. The van der Waals surface area contributed by atoms with Crippen LogP contribution in [0.1, 0.15) is 39.5 Å². The molecule has 0 spiro atoms. The van der Waals surface area contributed by atoms with Crippen molar-refractivity contribution >= 4 is 5.91 Å². The number of allylic oxidation sites excluding steroid dienone is 1. The second kappa shape index (κ2) is 7.56. The summed E-state index contributed by atoms with van der Waals surface area (Å²) < 4.78 is 0. The van der Waals surface area contributed by atoms with Crippen LogP contribution in [0.2, 0.25) is 0 Å². The maximum absolute atomic E-state index is 11.6. The summed E-state index contributed by atoms with van der Waals surface area (Å²) in [5, 5.41) is 1.27. The fraction of sp³-hybridized carbons (Fsp3) is 0.727. The number of rotatable bonds is 6. The third kappa shape index (κ3) is 4.42. The molecular formula is C11H21NO2. The van der Waals surface area contributed by atoms with Gasteiger partial charge in [-0.25, -0.2) is 5.06 Å². The molecule has 3 heteroatoms. The van der Waals surface area contributed by atoms with E-state index in [0.29, 0.717) is 0 Å². The third-order valence-electron chi connectivity index (χ3n) is 2.16. The van der Waals surface area contributed by atoms with Crippen LogP contribution in [0.5, 0.6) is 0 Å². The van der Waals surface area contributed by atoms with E-state index < -0.39 is 0 Å². The zero-order valence-corrected chi connectivity index (χ0v) is 9.67. The molecule has 0 fully saturated rings. The zero-order valence-electron chi connectivity index (χ0n) is 9.67. The second-order valence-electron chi connectivity index (χ2n) is 3.21. The van der Waals surface area contributed by atoms with Gasteiger partial charge in [-0.2, -0.15) is 0 Å². The van der Waals surface area contributed by atoms with Crippen LogP contribution >= 0.6 is 0 Å². The van der Waals surface area contributed by atoms with Crippen LogP contribution in [-0.2, 0) is 9.63 Å². The van der Waals surface area contributed by atoms with Crippen LogP contribution in [0.25, 0.3) is 0 Å². The van der Waals surface area contributed by atoms with Crippen LogP contribution in [0.4, 0.5) is 0 Å². The SMILES string of the molecule is CCCCC=C(CC)C(=O)N(C)OC. The fourth-order valence-corrected chi connectivity index (χ4v) is 1.15. The molecule has 1 amide bonds. The quantitative estimate of drug-likeness (QED) is 0.374. The lowest BCUT2D eigenvalue weighted by atomic mass is 10.1. The van der Waals surface area contributed by atoms with Gasteiger partial charge in [-0.05, 0) is 12.8 Å². The van der Waals surface area contributed by atoms with Crippen LogP contribution in [0.15, 0.2) is 11.6 Å². The van der Waals surface area contributed by atoms with E-state index in [2.05, 4.69) is 6.92 Å². The first-order valence-corrected chi connectivity index (χ1v) is 5.18. The van der Waals surface area contributed by atoms with Gasteiger partial charge in [0.1, 0.15) is 0 Å². The molecular weight excluding hydrogens is 178 g/mol. The van der Waals surface area contributed by atoms with Gasteiger partial charge in [0.2, 0.25) is 0 Å². The lowest BCUT2D eigenvalue weighted by Gasteiger charge is -2.15. The van der Waals surface area contributed by atoms with Gasteiger partial charge in [0, 0.05) is 12.6 Å². The molecule has 0 aliphatic carbocycles. The summed E-state index contributed by atoms with van der Waals surface area (Å²) in [6.45, 7) is 4.13. The van der Waals surface area contributed by atoms with E-state index in [-0.39, 0.29) is 5.91 Å². The highest BCUT2D eigenvalue weighted by Gasteiger charge is 2.11.